The number of aliphatic hydroxyl groups excluding tert-OH is 1. The van der Waals surface area contributed by atoms with Crippen molar-refractivity contribution in [3.63, 3.8) is 0 Å². The van der Waals surface area contributed by atoms with E-state index in [9.17, 15) is 5.11 Å². The highest BCUT2D eigenvalue weighted by atomic mass is 35.5. The molecule has 1 aromatic heterocycles. The van der Waals surface area contributed by atoms with Crippen LogP contribution in [0.5, 0.6) is 0 Å². The molecule has 3 unspecified atom stereocenters. The molecule has 0 aromatic carbocycles. The van der Waals surface area contributed by atoms with Gasteiger partial charge in [-0.25, -0.2) is 0 Å². The van der Waals surface area contributed by atoms with Crippen LogP contribution in [0, 0.1) is 5.92 Å². The fourth-order valence-corrected chi connectivity index (χ4v) is 3.56. The monoisotopic (exact) mass is 296 g/mol. The Hall–Kier alpha value is -0.680. The summed E-state index contributed by atoms with van der Waals surface area (Å²) in [4.78, 5) is 6.68. The zero-order valence-electron chi connectivity index (χ0n) is 11.5. The molecule has 0 amide bonds. The van der Waals surface area contributed by atoms with Gasteiger partial charge in [-0.1, -0.05) is 11.6 Å². The summed E-state index contributed by atoms with van der Waals surface area (Å²) < 4.78 is 5.60. The van der Waals surface area contributed by atoms with Crippen molar-refractivity contribution in [2.45, 2.75) is 38.0 Å². The minimum absolute atomic E-state index is 0.246. The SMILES string of the molecule is OC1CC(C2CCCOC2)N(Cc2ncccc2Cl)C1. The lowest BCUT2D eigenvalue weighted by molar-refractivity contribution is 0.0178. The second-order valence-electron chi connectivity index (χ2n) is 5.80. The van der Waals surface area contributed by atoms with Crippen molar-refractivity contribution in [2.24, 2.45) is 5.92 Å². The molecule has 3 rings (SSSR count). The van der Waals surface area contributed by atoms with Crippen LogP contribution in [0.3, 0.4) is 0 Å². The zero-order valence-corrected chi connectivity index (χ0v) is 12.3. The van der Waals surface area contributed by atoms with Crippen LogP contribution in [-0.2, 0) is 11.3 Å². The predicted molar refractivity (Wildman–Crippen MR) is 77.6 cm³/mol. The minimum Gasteiger partial charge on any atom is -0.392 e. The van der Waals surface area contributed by atoms with Gasteiger partial charge in [0.15, 0.2) is 0 Å². The topological polar surface area (TPSA) is 45.6 Å². The van der Waals surface area contributed by atoms with Crippen LogP contribution in [-0.4, -0.2) is 46.9 Å². The van der Waals surface area contributed by atoms with E-state index in [1.807, 2.05) is 12.1 Å². The van der Waals surface area contributed by atoms with Crippen molar-refractivity contribution >= 4 is 11.6 Å². The first-order valence-electron chi connectivity index (χ1n) is 7.33. The zero-order chi connectivity index (χ0) is 13.9. The van der Waals surface area contributed by atoms with Gasteiger partial charge in [0.05, 0.1) is 23.4 Å². The summed E-state index contributed by atoms with van der Waals surface area (Å²) in [6.45, 7) is 3.09. The molecular weight excluding hydrogens is 276 g/mol. The van der Waals surface area contributed by atoms with E-state index in [-0.39, 0.29) is 6.10 Å². The van der Waals surface area contributed by atoms with Crippen molar-refractivity contribution in [2.75, 3.05) is 19.8 Å². The predicted octanol–water partition coefficient (Wildman–Crippen LogP) is 2.10. The second-order valence-corrected chi connectivity index (χ2v) is 6.20. The third-order valence-electron chi connectivity index (χ3n) is 4.36. The first-order chi connectivity index (χ1) is 9.74. The largest absolute Gasteiger partial charge is 0.392 e. The van der Waals surface area contributed by atoms with E-state index in [2.05, 4.69) is 9.88 Å². The number of aromatic nitrogens is 1. The maximum absolute atomic E-state index is 10.0. The molecule has 2 aliphatic heterocycles. The second kappa shape index (κ2) is 6.39. The Bertz CT molecular complexity index is 451. The molecule has 3 heterocycles. The first kappa shape index (κ1) is 14.3. The highest BCUT2D eigenvalue weighted by Gasteiger charge is 2.37. The molecule has 2 fully saturated rings. The molecule has 4 nitrogen and oxygen atoms in total. The van der Waals surface area contributed by atoms with Gasteiger partial charge in [-0.15, -0.1) is 0 Å². The van der Waals surface area contributed by atoms with Gasteiger partial charge in [0.1, 0.15) is 0 Å². The van der Waals surface area contributed by atoms with Crippen molar-refractivity contribution < 1.29 is 9.84 Å². The molecule has 1 aromatic rings. The smallest absolute Gasteiger partial charge is 0.0729 e. The van der Waals surface area contributed by atoms with E-state index >= 15 is 0 Å². The minimum atomic E-state index is -0.246. The van der Waals surface area contributed by atoms with Gasteiger partial charge in [0.2, 0.25) is 0 Å². The van der Waals surface area contributed by atoms with Crippen molar-refractivity contribution in [1.29, 1.82) is 0 Å². The maximum Gasteiger partial charge on any atom is 0.0729 e. The summed E-state index contributed by atoms with van der Waals surface area (Å²) in [5.74, 6) is 0.517. The fourth-order valence-electron chi connectivity index (χ4n) is 3.38. The number of ether oxygens (including phenoxy) is 1. The number of hydrogen-bond acceptors (Lipinski definition) is 4. The van der Waals surface area contributed by atoms with Gasteiger partial charge in [-0.2, -0.15) is 0 Å². The van der Waals surface area contributed by atoms with Crippen LogP contribution in [0.4, 0.5) is 0 Å². The Balaban J connectivity index is 1.71. The van der Waals surface area contributed by atoms with Gasteiger partial charge in [0.25, 0.3) is 0 Å². The molecule has 0 spiro atoms. The van der Waals surface area contributed by atoms with Crippen LogP contribution >= 0.6 is 11.6 Å². The quantitative estimate of drug-likeness (QED) is 0.928. The van der Waals surface area contributed by atoms with E-state index in [1.54, 1.807) is 6.20 Å². The molecule has 0 bridgehead atoms. The van der Waals surface area contributed by atoms with Crippen molar-refractivity contribution in [1.82, 2.24) is 9.88 Å². The Morgan fingerprint density at radius 3 is 3.15 bits per heavy atom. The molecule has 0 aliphatic carbocycles. The summed E-state index contributed by atoms with van der Waals surface area (Å²) in [7, 11) is 0. The van der Waals surface area contributed by atoms with Gasteiger partial charge in [-0.3, -0.25) is 9.88 Å². The highest BCUT2D eigenvalue weighted by Crippen LogP contribution is 2.31. The lowest BCUT2D eigenvalue weighted by Crippen LogP contribution is -2.39. The number of nitrogens with zero attached hydrogens (tertiary/aromatic N) is 2. The molecule has 0 saturated carbocycles. The molecule has 1 N–H and O–H groups in total. The van der Waals surface area contributed by atoms with Crippen LogP contribution < -0.4 is 0 Å². The summed E-state index contributed by atoms with van der Waals surface area (Å²) in [6, 6.07) is 4.09. The van der Waals surface area contributed by atoms with Crippen LogP contribution in [0.15, 0.2) is 18.3 Å². The average molecular weight is 297 g/mol. The lowest BCUT2D eigenvalue weighted by Gasteiger charge is -2.33. The van der Waals surface area contributed by atoms with Crippen LogP contribution in [0.2, 0.25) is 5.02 Å². The van der Waals surface area contributed by atoms with Crippen LogP contribution in [0.1, 0.15) is 25.0 Å². The molecule has 2 saturated heterocycles. The van der Waals surface area contributed by atoms with E-state index in [0.29, 0.717) is 30.1 Å². The van der Waals surface area contributed by atoms with Gasteiger partial charge >= 0.3 is 0 Å². The highest BCUT2D eigenvalue weighted by molar-refractivity contribution is 6.31. The van der Waals surface area contributed by atoms with Gasteiger partial charge < -0.3 is 9.84 Å². The van der Waals surface area contributed by atoms with Crippen molar-refractivity contribution in [3.05, 3.63) is 29.0 Å². The molecule has 20 heavy (non-hydrogen) atoms. The number of hydrogen-bond donors (Lipinski definition) is 1. The third-order valence-corrected chi connectivity index (χ3v) is 4.70. The number of likely N-dealkylation sites (tertiary alicyclic amines) is 1. The number of rotatable bonds is 3. The van der Waals surface area contributed by atoms with Gasteiger partial charge in [-0.05, 0) is 37.3 Å². The Labute approximate surface area is 124 Å². The summed E-state index contributed by atoms with van der Waals surface area (Å²) in [5, 5.41) is 10.7. The van der Waals surface area contributed by atoms with E-state index in [0.717, 1.165) is 31.7 Å². The van der Waals surface area contributed by atoms with Gasteiger partial charge in [0, 0.05) is 31.9 Å². The Morgan fingerprint density at radius 1 is 1.50 bits per heavy atom. The summed E-state index contributed by atoms with van der Waals surface area (Å²) in [6.07, 6.45) is 4.66. The van der Waals surface area contributed by atoms with Crippen LogP contribution in [0.25, 0.3) is 0 Å². The number of halogens is 1. The maximum atomic E-state index is 10.0. The molecule has 0 radical (unpaired) electrons. The number of β-amino-alcohol motifs (C(OH)–C–C–N with tert-alkyl or cyclic N) is 1. The standard InChI is InChI=1S/C15H21ClN2O2/c16-13-4-1-5-17-14(13)9-18-8-12(19)7-15(18)11-3-2-6-20-10-11/h1,4-5,11-12,15,19H,2-3,6-10H2. The first-order valence-corrected chi connectivity index (χ1v) is 7.71. The molecule has 5 heteroatoms. The van der Waals surface area contributed by atoms with E-state index in [4.69, 9.17) is 16.3 Å². The third kappa shape index (κ3) is 3.14. The number of pyridine rings is 1. The molecule has 110 valence electrons. The molecular formula is C15H21ClN2O2. The van der Waals surface area contributed by atoms with E-state index < -0.39 is 0 Å². The number of aliphatic hydroxyl groups is 1. The summed E-state index contributed by atoms with van der Waals surface area (Å²) in [5.41, 5.74) is 0.894. The lowest BCUT2D eigenvalue weighted by atomic mass is 9.91. The molecule has 2 aliphatic rings. The normalized spacial score (nSPS) is 31.6. The molecule has 3 atom stereocenters. The van der Waals surface area contributed by atoms with Crippen molar-refractivity contribution in [3.8, 4) is 0 Å². The summed E-state index contributed by atoms with van der Waals surface area (Å²) >= 11 is 6.20. The Kier molecular flexibility index (Phi) is 4.56. The van der Waals surface area contributed by atoms with E-state index in [1.165, 1.54) is 6.42 Å². The average Bonchev–Trinajstić information content (AvgIpc) is 2.83. The Morgan fingerprint density at radius 2 is 2.40 bits per heavy atom. The fraction of sp³-hybridized carbons (Fsp3) is 0.667.